The van der Waals surface area contributed by atoms with E-state index in [9.17, 15) is 4.79 Å². The SMILES string of the molecule is Cl.Cl.O=C([C@@H]1CCCCN1)N1CCN2CCCC2C1. The average molecular weight is 310 g/mol. The highest BCUT2D eigenvalue weighted by atomic mass is 35.5. The Morgan fingerprint density at radius 3 is 2.58 bits per heavy atom. The van der Waals surface area contributed by atoms with Gasteiger partial charge in [-0.15, -0.1) is 24.8 Å². The van der Waals surface area contributed by atoms with Crippen LogP contribution in [0.1, 0.15) is 32.1 Å². The zero-order valence-electron chi connectivity index (χ0n) is 11.3. The fourth-order valence-electron chi connectivity index (χ4n) is 3.47. The van der Waals surface area contributed by atoms with Crippen molar-refractivity contribution in [2.45, 2.75) is 44.2 Å². The lowest BCUT2D eigenvalue weighted by atomic mass is 10.0. The van der Waals surface area contributed by atoms with Crippen molar-refractivity contribution in [3.05, 3.63) is 0 Å². The molecule has 4 nitrogen and oxygen atoms in total. The van der Waals surface area contributed by atoms with Crippen molar-refractivity contribution in [3.63, 3.8) is 0 Å². The van der Waals surface area contributed by atoms with E-state index >= 15 is 0 Å². The van der Waals surface area contributed by atoms with Crippen LogP contribution in [0.15, 0.2) is 0 Å². The third-order valence-electron chi connectivity index (χ3n) is 4.51. The van der Waals surface area contributed by atoms with Crippen LogP contribution in [0.25, 0.3) is 0 Å². The molecule has 1 amide bonds. The summed E-state index contributed by atoms with van der Waals surface area (Å²) in [5, 5.41) is 3.37. The van der Waals surface area contributed by atoms with Crippen molar-refractivity contribution in [1.82, 2.24) is 15.1 Å². The summed E-state index contributed by atoms with van der Waals surface area (Å²) in [7, 11) is 0. The largest absolute Gasteiger partial charge is 0.338 e. The number of halogens is 2. The second-order valence-corrected chi connectivity index (χ2v) is 5.62. The maximum atomic E-state index is 12.4. The van der Waals surface area contributed by atoms with Gasteiger partial charge in [-0.2, -0.15) is 0 Å². The Kier molecular flexibility index (Phi) is 6.87. The number of hydrogen-bond acceptors (Lipinski definition) is 3. The predicted octanol–water partition coefficient (Wildman–Crippen LogP) is 1.28. The highest BCUT2D eigenvalue weighted by molar-refractivity contribution is 5.85. The van der Waals surface area contributed by atoms with Crippen molar-refractivity contribution in [1.29, 1.82) is 0 Å². The summed E-state index contributed by atoms with van der Waals surface area (Å²) in [6.45, 7) is 5.25. The van der Waals surface area contributed by atoms with Gasteiger partial charge in [0.25, 0.3) is 0 Å². The number of nitrogens with one attached hydrogen (secondary N) is 1. The molecule has 0 aromatic heterocycles. The molecule has 0 spiro atoms. The number of rotatable bonds is 1. The minimum Gasteiger partial charge on any atom is -0.338 e. The molecule has 0 saturated carbocycles. The summed E-state index contributed by atoms with van der Waals surface area (Å²) in [4.78, 5) is 17.0. The summed E-state index contributed by atoms with van der Waals surface area (Å²) in [6.07, 6.45) is 6.05. The van der Waals surface area contributed by atoms with Crippen LogP contribution in [0, 0.1) is 0 Å². The number of hydrogen-bond donors (Lipinski definition) is 1. The lowest BCUT2D eigenvalue weighted by Gasteiger charge is -2.39. The Morgan fingerprint density at radius 1 is 1.00 bits per heavy atom. The zero-order valence-corrected chi connectivity index (χ0v) is 13.0. The molecular formula is C13H25Cl2N3O. The molecule has 0 aromatic carbocycles. The number of amides is 1. The Balaban J connectivity index is 0.000000902. The maximum Gasteiger partial charge on any atom is 0.239 e. The average Bonchev–Trinajstić information content (AvgIpc) is 2.86. The number of carbonyl (C=O) groups is 1. The molecule has 3 fully saturated rings. The molecule has 1 N–H and O–H groups in total. The molecule has 19 heavy (non-hydrogen) atoms. The Labute approximate surface area is 128 Å². The van der Waals surface area contributed by atoms with Crippen LogP contribution in [0.3, 0.4) is 0 Å². The topological polar surface area (TPSA) is 35.6 Å². The van der Waals surface area contributed by atoms with Gasteiger partial charge in [0, 0.05) is 25.7 Å². The van der Waals surface area contributed by atoms with Crippen molar-refractivity contribution in [2.75, 3.05) is 32.7 Å². The third kappa shape index (κ3) is 3.75. The zero-order chi connectivity index (χ0) is 11.7. The number of fused-ring (bicyclic) bond motifs is 1. The summed E-state index contributed by atoms with van der Waals surface area (Å²) < 4.78 is 0. The number of nitrogens with zero attached hydrogens (tertiary/aromatic N) is 2. The Morgan fingerprint density at radius 2 is 1.84 bits per heavy atom. The van der Waals surface area contributed by atoms with Crippen molar-refractivity contribution < 1.29 is 4.79 Å². The first-order valence-corrected chi connectivity index (χ1v) is 7.11. The van der Waals surface area contributed by atoms with Gasteiger partial charge >= 0.3 is 0 Å². The van der Waals surface area contributed by atoms with E-state index in [1.807, 2.05) is 0 Å². The predicted molar refractivity (Wildman–Crippen MR) is 81.3 cm³/mol. The van der Waals surface area contributed by atoms with Gasteiger partial charge in [0.15, 0.2) is 0 Å². The maximum absolute atomic E-state index is 12.4. The monoisotopic (exact) mass is 309 g/mol. The molecule has 0 aromatic rings. The number of piperazine rings is 1. The van der Waals surface area contributed by atoms with Gasteiger partial charge in [0.1, 0.15) is 0 Å². The van der Waals surface area contributed by atoms with Crippen molar-refractivity contribution in [3.8, 4) is 0 Å². The second-order valence-electron chi connectivity index (χ2n) is 5.62. The lowest BCUT2D eigenvalue weighted by Crippen LogP contribution is -2.57. The fraction of sp³-hybridized carbons (Fsp3) is 0.923. The van der Waals surface area contributed by atoms with Gasteiger partial charge in [-0.1, -0.05) is 6.42 Å². The van der Waals surface area contributed by atoms with Gasteiger partial charge in [-0.05, 0) is 38.8 Å². The number of carbonyl (C=O) groups excluding carboxylic acids is 1. The second kappa shape index (κ2) is 7.67. The van der Waals surface area contributed by atoms with Crippen LogP contribution in [0.4, 0.5) is 0 Å². The highest BCUT2D eigenvalue weighted by Crippen LogP contribution is 2.22. The summed E-state index contributed by atoms with van der Waals surface area (Å²) in [6, 6.07) is 0.757. The van der Waals surface area contributed by atoms with Crippen molar-refractivity contribution >= 4 is 30.7 Å². The summed E-state index contributed by atoms with van der Waals surface area (Å²) in [5.74, 6) is 0.358. The van der Waals surface area contributed by atoms with E-state index in [-0.39, 0.29) is 30.9 Å². The molecule has 3 saturated heterocycles. The van der Waals surface area contributed by atoms with Gasteiger partial charge in [-0.25, -0.2) is 0 Å². The summed E-state index contributed by atoms with van der Waals surface area (Å²) in [5.41, 5.74) is 0. The van der Waals surface area contributed by atoms with E-state index in [0.29, 0.717) is 11.9 Å². The highest BCUT2D eigenvalue weighted by Gasteiger charge is 2.34. The first-order valence-electron chi connectivity index (χ1n) is 7.11. The third-order valence-corrected chi connectivity index (χ3v) is 4.51. The minimum absolute atomic E-state index is 0. The molecule has 6 heteroatoms. The van der Waals surface area contributed by atoms with Crippen LogP contribution in [-0.2, 0) is 4.79 Å². The molecule has 3 aliphatic heterocycles. The van der Waals surface area contributed by atoms with E-state index in [0.717, 1.165) is 32.6 Å². The van der Waals surface area contributed by atoms with Crippen LogP contribution >= 0.6 is 24.8 Å². The standard InChI is InChI=1S/C13H23N3O.2ClH/c17-13(12-5-1-2-6-14-12)16-9-8-15-7-3-4-11(15)10-16;;/h11-12,14H,1-10H2;2*1H/t11?,12-;;/m0../s1. The van der Waals surface area contributed by atoms with Gasteiger partial charge in [0.2, 0.25) is 5.91 Å². The van der Waals surface area contributed by atoms with Gasteiger partial charge < -0.3 is 10.2 Å². The molecule has 2 atom stereocenters. The normalized spacial score (nSPS) is 31.1. The van der Waals surface area contributed by atoms with E-state index in [1.54, 1.807) is 0 Å². The molecule has 3 heterocycles. The van der Waals surface area contributed by atoms with E-state index in [4.69, 9.17) is 0 Å². The molecule has 0 bridgehead atoms. The van der Waals surface area contributed by atoms with Crippen LogP contribution < -0.4 is 5.32 Å². The number of piperidine rings is 1. The molecule has 3 rings (SSSR count). The Hall–Kier alpha value is -0.0300. The molecule has 0 radical (unpaired) electrons. The van der Waals surface area contributed by atoms with E-state index in [2.05, 4.69) is 15.1 Å². The fourth-order valence-corrected chi connectivity index (χ4v) is 3.47. The van der Waals surface area contributed by atoms with Crippen LogP contribution in [0.2, 0.25) is 0 Å². The molecule has 1 unspecified atom stereocenters. The van der Waals surface area contributed by atoms with Crippen LogP contribution in [0.5, 0.6) is 0 Å². The van der Waals surface area contributed by atoms with E-state index < -0.39 is 0 Å². The quantitative estimate of drug-likeness (QED) is 0.792. The molecule has 112 valence electrons. The van der Waals surface area contributed by atoms with Crippen LogP contribution in [-0.4, -0.2) is 60.5 Å². The molecule has 3 aliphatic rings. The summed E-state index contributed by atoms with van der Waals surface area (Å²) >= 11 is 0. The first-order chi connectivity index (χ1) is 8.34. The molecular weight excluding hydrogens is 285 g/mol. The minimum atomic E-state index is 0. The Bertz CT molecular complexity index is 298. The molecule has 0 aliphatic carbocycles. The lowest BCUT2D eigenvalue weighted by molar-refractivity contribution is -0.136. The van der Waals surface area contributed by atoms with Crippen molar-refractivity contribution in [2.24, 2.45) is 0 Å². The smallest absolute Gasteiger partial charge is 0.239 e. The van der Waals surface area contributed by atoms with E-state index in [1.165, 1.54) is 32.2 Å². The van der Waals surface area contributed by atoms with Gasteiger partial charge in [-0.3, -0.25) is 9.69 Å². The van der Waals surface area contributed by atoms with Gasteiger partial charge in [0.05, 0.1) is 6.04 Å². The first kappa shape index (κ1) is 17.0.